The average molecular weight is 674 g/mol. The Morgan fingerprint density at radius 2 is 1.66 bits per heavy atom. The highest BCUT2D eigenvalue weighted by Gasteiger charge is 2.69. The van der Waals surface area contributed by atoms with Gasteiger partial charge in [0.1, 0.15) is 5.78 Å². The van der Waals surface area contributed by atoms with E-state index < -0.39 is 55.4 Å². The van der Waals surface area contributed by atoms with Crippen LogP contribution in [0.4, 0.5) is 0 Å². The topological polar surface area (TPSA) is 123 Å². The van der Waals surface area contributed by atoms with E-state index in [1.165, 1.54) is 0 Å². The van der Waals surface area contributed by atoms with Crippen LogP contribution in [0.2, 0.25) is 0 Å². The van der Waals surface area contributed by atoms with Crippen molar-refractivity contribution in [1.29, 1.82) is 0 Å². The molecule has 4 fully saturated rings. The zero-order valence-corrected chi connectivity index (χ0v) is 30.6. The molecule has 2 heterocycles. The van der Waals surface area contributed by atoms with E-state index in [0.29, 0.717) is 38.6 Å². The third kappa shape index (κ3) is 7.86. The van der Waals surface area contributed by atoms with Crippen molar-refractivity contribution < 1.29 is 32.4 Å². The molecule has 3 unspecified atom stereocenters. The van der Waals surface area contributed by atoms with E-state index in [2.05, 4.69) is 20.4 Å². The first-order chi connectivity index (χ1) is 21.9. The molecule has 47 heavy (non-hydrogen) atoms. The van der Waals surface area contributed by atoms with Crippen LogP contribution in [-0.4, -0.2) is 65.9 Å². The summed E-state index contributed by atoms with van der Waals surface area (Å²) >= 11 is 0. The molecule has 4 rings (SSSR count). The van der Waals surface area contributed by atoms with Crippen molar-refractivity contribution in [2.24, 2.45) is 39.9 Å². The molecule has 6 atom stereocenters. The van der Waals surface area contributed by atoms with Crippen LogP contribution in [0.3, 0.4) is 0 Å². The number of hydrogen-bond donors (Lipinski definition) is 0. The number of rotatable bonds is 16. The van der Waals surface area contributed by atoms with Crippen LogP contribution in [0.1, 0.15) is 131 Å². The second-order valence-electron chi connectivity index (χ2n) is 16.9. The number of ketones is 4. The third-order valence-corrected chi connectivity index (χ3v) is 14.8. The number of carbonyl (C=O) groups excluding carboxylic acids is 5. The predicted octanol–water partition coefficient (Wildman–Crippen LogP) is 6.49. The van der Waals surface area contributed by atoms with E-state index in [-0.39, 0.29) is 66.2 Å². The fourth-order valence-electron chi connectivity index (χ4n) is 9.51. The van der Waals surface area contributed by atoms with Gasteiger partial charge in [-0.15, -0.1) is 6.58 Å². The minimum absolute atomic E-state index is 0.0156. The second-order valence-corrected chi connectivity index (χ2v) is 19.2. The zero-order chi connectivity index (χ0) is 34.9. The lowest BCUT2D eigenvalue weighted by molar-refractivity contribution is -0.148. The molecule has 4 aliphatic rings. The highest BCUT2D eigenvalue weighted by Crippen LogP contribution is 2.65. The Balaban J connectivity index is 1.55. The summed E-state index contributed by atoms with van der Waals surface area (Å²) in [6.07, 6.45) is 8.88. The van der Waals surface area contributed by atoms with Gasteiger partial charge >= 0.3 is 0 Å². The molecule has 0 aromatic rings. The summed E-state index contributed by atoms with van der Waals surface area (Å²) in [5.74, 6) is -2.50. The molecule has 0 aromatic heterocycles. The van der Waals surface area contributed by atoms with Crippen LogP contribution in [0.15, 0.2) is 12.7 Å². The number of likely N-dealkylation sites (tertiary alicyclic amines) is 1. The van der Waals surface area contributed by atoms with Crippen LogP contribution in [0.5, 0.6) is 0 Å². The van der Waals surface area contributed by atoms with Crippen molar-refractivity contribution in [2.75, 3.05) is 12.3 Å². The van der Waals surface area contributed by atoms with Gasteiger partial charge in [0.2, 0.25) is 11.7 Å². The van der Waals surface area contributed by atoms with Gasteiger partial charge < -0.3 is 4.90 Å². The van der Waals surface area contributed by atoms with Crippen LogP contribution in [-0.2, 0) is 33.8 Å². The molecular formula is C38H59NO7S. The minimum atomic E-state index is -3.25. The minimum Gasteiger partial charge on any atom is -0.332 e. The van der Waals surface area contributed by atoms with Gasteiger partial charge in [0.15, 0.2) is 21.4 Å². The largest absolute Gasteiger partial charge is 0.332 e. The molecule has 0 aromatic carbocycles. The number of fused-ring (bicyclic) bond motifs is 1. The van der Waals surface area contributed by atoms with Gasteiger partial charge in [0.25, 0.3) is 0 Å². The monoisotopic (exact) mass is 673 g/mol. The van der Waals surface area contributed by atoms with Crippen molar-refractivity contribution in [3.8, 4) is 0 Å². The fraction of sp³-hybridized carbons (Fsp3) is 0.816. The molecule has 2 aliphatic heterocycles. The van der Waals surface area contributed by atoms with E-state index in [4.69, 9.17) is 0 Å². The number of carbonyl (C=O) groups is 5. The number of amides is 1. The molecule has 2 saturated heterocycles. The Morgan fingerprint density at radius 3 is 2.21 bits per heavy atom. The van der Waals surface area contributed by atoms with E-state index in [1.807, 2.05) is 27.7 Å². The zero-order valence-electron chi connectivity index (χ0n) is 29.8. The molecule has 0 radical (unpaired) electrons. The SMILES string of the molecule is C=CCCC(=O)C(=O)C(CCC)CC(=O)[C@@H]1[C@@H]2C(CN1C(=O)[C@@H](CC(=O)CC1(C3CCCS3(=O)=O)CCCCC1)C(C)(C)C)C2(C)C. The fourth-order valence-corrected chi connectivity index (χ4v) is 12.0. The molecule has 2 saturated carbocycles. The lowest BCUT2D eigenvalue weighted by Gasteiger charge is -2.42. The molecule has 8 nitrogen and oxygen atoms in total. The van der Waals surface area contributed by atoms with E-state index >= 15 is 0 Å². The Bertz CT molecular complexity index is 1350. The number of Topliss-reactive ketones (excluding diaryl/α,β-unsaturated/α-hetero) is 4. The second kappa shape index (κ2) is 14.4. The standard InChI is InChI=1S/C38H59NO7S/c1-8-10-16-29(41)34(43)25(15-9-2)21-30(42)33-32-28(37(32,6)7)24-39(33)35(44)27(36(3,4)5)22-26(40)23-38(18-12-11-13-19-38)31-17-14-20-47(31,45)46/h8,25,27-28,31-33H,1,9-24H2,2-7H3/t25?,27-,28?,31?,32+,33-/m1/s1. The number of allylic oxidation sites excluding steroid dienone is 1. The molecule has 0 spiro atoms. The summed E-state index contributed by atoms with van der Waals surface area (Å²) in [5, 5.41) is -0.486. The quantitative estimate of drug-likeness (QED) is 0.136. The summed E-state index contributed by atoms with van der Waals surface area (Å²) in [7, 11) is -3.25. The lowest BCUT2D eigenvalue weighted by atomic mass is 9.66. The maximum absolute atomic E-state index is 14.5. The lowest BCUT2D eigenvalue weighted by Crippen LogP contribution is -2.51. The number of piperidine rings is 1. The van der Waals surface area contributed by atoms with Gasteiger partial charge in [0.05, 0.1) is 17.0 Å². The van der Waals surface area contributed by atoms with E-state index in [1.54, 1.807) is 11.0 Å². The molecule has 264 valence electrons. The van der Waals surface area contributed by atoms with Crippen molar-refractivity contribution in [1.82, 2.24) is 4.90 Å². The van der Waals surface area contributed by atoms with Gasteiger partial charge in [-0.2, -0.15) is 0 Å². The van der Waals surface area contributed by atoms with Gasteiger partial charge in [-0.05, 0) is 66.6 Å². The Morgan fingerprint density at radius 1 is 1.00 bits per heavy atom. The first-order valence-corrected chi connectivity index (χ1v) is 19.9. The first kappa shape index (κ1) is 37.7. The van der Waals surface area contributed by atoms with Crippen molar-refractivity contribution in [2.45, 2.75) is 143 Å². The van der Waals surface area contributed by atoms with Gasteiger partial charge in [-0.25, -0.2) is 8.42 Å². The number of hydrogen-bond acceptors (Lipinski definition) is 7. The normalized spacial score (nSPS) is 28.6. The summed E-state index contributed by atoms with van der Waals surface area (Å²) in [6, 6.07) is -0.689. The summed E-state index contributed by atoms with van der Waals surface area (Å²) in [4.78, 5) is 70.0. The molecule has 2 aliphatic carbocycles. The Labute approximate surface area is 283 Å². The smallest absolute Gasteiger partial charge is 0.227 e. The predicted molar refractivity (Wildman–Crippen MR) is 183 cm³/mol. The molecule has 0 bridgehead atoms. The first-order valence-electron chi connectivity index (χ1n) is 18.2. The van der Waals surface area contributed by atoms with Crippen LogP contribution in [0, 0.1) is 39.9 Å². The molecular weight excluding hydrogens is 614 g/mol. The van der Waals surface area contributed by atoms with Crippen LogP contribution >= 0.6 is 0 Å². The van der Waals surface area contributed by atoms with Gasteiger partial charge in [0, 0.05) is 44.1 Å². The average Bonchev–Trinajstić information content (AvgIpc) is 3.30. The van der Waals surface area contributed by atoms with E-state index in [9.17, 15) is 32.4 Å². The van der Waals surface area contributed by atoms with Gasteiger partial charge in [-0.3, -0.25) is 24.0 Å². The third-order valence-electron chi connectivity index (χ3n) is 12.3. The van der Waals surface area contributed by atoms with Crippen molar-refractivity contribution in [3.63, 3.8) is 0 Å². The Hall–Kier alpha value is -2.16. The van der Waals surface area contributed by atoms with Crippen molar-refractivity contribution >= 4 is 38.9 Å². The van der Waals surface area contributed by atoms with E-state index in [0.717, 1.165) is 32.1 Å². The number of sulfone groups is 1. The maximum atomic E-state index is 14.5. The summed E-state index contributed by atoms with van der Waals surface area (Å²) < 4.78 is 26.2. The van der Waals surface area contributed by atoms with Gasteiger partial charge in [-0.1, -0.05) is 73.3 Å². The maximum Gasteiger partial charge on any atom is 0.227 e. The summed E-state index contributed by atoms with van der Waals surface area (Å²) in [5.41, 5.74) is -1.24. The Kier molecular flexibility index (Phi) is 11.5. The van der Waals surface area contributed by atoms with Crippen molar-refractivity contribution in [3.05, 3.63) is 12.7 Å². The van der Waals surface area contributed by atoms with Crippen LogP contribution < -0.4 is 0 Å². The molecule has 1 amide bonds. The number of nitrogens with zero attached hydrogens (tertiary/aromatic N) is 1. The molecule has 9 heteroatoms. The van der Waals surface area contributed by atoms with Crippen LogP contribution in [0.25, 0.3) is 0 Å². The highest BCUT2D eigenvalue weighted by molar-refractivity contribution is 7.92. The summed E-state index contributed by atoms with van der Waals surface area (Å²) in [6.45, 7) is 16.1. The highest BCUT2D eigenvalue weighted by atomic mass is 32.2. The molecule has 0 N–H and O–H groups in total.